The number of allylic oxidation sites excluding steroid dienone is 2. The van der Waals surface area contributed by atoms with Crippen molar-refractivity contribution >= 4 is 0 Å². The van der Waals surface area contributed by atoms with Crippen LogP contribution in [0.3, 0.4) is 0 Å². The molecule has 0 saturated carbocycles. The molecule has 0 aromatic heterocycles. The Bertz CT molecular complexity index is 1030. The van der Waals surface area contributed by atoms with E-state index in [0.717, 1.165) is 0 Å². The molecule has 0 bridgehead atoms. The van der Waals surface area contributed by atoms with Gasteiger partial charge in [0.1, 0.15) is 0 Å². The standard InChI is InChI=1S/C42H58/c1-4-6-8-10-12-14-16-18-21-25-37-29-33-40(34-30-37)42(3,39-27-23-20-24-28-39)41-35-31-38(32-36-41)26-22-19-17-15-13-11-9-7-5-2/h4-5,20,23-24,27-36H,1-2,6-19,21-22,25-26H2,3H3. The molecule has 0 N–H and O–H groups in total. The number of hydrogen-bond acceptors (Lipinski definition) is 0. The summed E-state index contributed by atoms with van der Waals surface area (Å²) >= 11 is 0. The zero-order chi connectivity index (χ0) is 29.7. The molecule has 226 valence electrons. The number of unbranched alkanes of at least 4 members (excludes halogenated alkanes) is 14. The van der Waals surface area contributed by atoms with Gasteiger partial charge in [0, 0.05) is 5.41 Å². The molecule has 0 amide bonds. The highest BCUT2D eigenvalue weighted by atomic mass is 14.3. The predicted molar refractivity (Wildman–Crippen MR) is 187 cm³/mol. The number of hydrogen-bond donors (Lipinski definition) is 0. The highest BCUT2D eigenvalue weighted by Crippen LogP contribution is 2.39. The van der Waals surface area contributed by atoms with E-state index in [1.165, 1.54) is 143 Å². The van der Waals surface area contributed by atoms with E-state index in [2.05, 4.69) is 98.9 Å². The smallest absolute Gasteiger partial charge is 0.0423 e. The summed E-state index contributed by atoms with van der Waals surface area (Å²) in [5, 5.41) is 0. The molecule has 42 heavy (non-hydrogen) atoms. The van der Waals surface area contributed by atoms with Crippen LogP contribution in [0.4, 0.5) is 0 Å². The Labute approximate surface area is 259 Å². The Morgan fingerprint density at radius 1 is 0.429 bits per heavy atom. The average Bonchev–Trinajstić information content (AvgIpc) is 3.04. The van der Waals surface area contributed by atoms with Crippen molar-refractivity contribution < 1.29 is 0 Å². The van der Waals surface area contributed by atoms with E-state index in [1.807, 2.05) is 12.2 Å². The van der Waals surface area contributed by atoms with Crippen molar-refractivity contribution in [3.8, 4) is 0 Å². The van der Waals surface area contributed by atoms with Gasteiger partial charge in [-0.25, -0.2) is 0 Å². The van der Waals surface area contributed by atoms with Crippen LogP contribution in [-0.2, 0) is 18.3 Å². The average molecular weight is 563 g/mol. The Balaban J connectivity index is 1.53. The van der Waals surface area contributed by atoms with E-state index in [0.29, 0.717) is 0 Å². The lowest BCUT2D eigenvalue weighted by molar-refractivity contribution is 0.581. The molecule has 0 atom stereocenters. The molecule has 3 aromatic rings. The molecular weight excluding hydrogens is 504 g/mol. The second kappa shape index (κ2) is 20.1. The van der Waals surface area contributed by atoms with Crippen LogP contribution in [-0.4, -0.2) is 0 Å². The lowest BCUT2D eigenvalue weighted by Crippen LogP contribution is -2.25. The quantitative estimate of drug-likeness (QED) is 0.0612. The van der Waals surface area contributed by atoms with Crippen LogP contribution in [0.1, 0.15) is 137 Å². The largest absolute Gasteiger partial charge is 0.103 e. The van der Waals surface area contributed by atoms with Crippen LogP contribution in [0.5, 0.6) is 0 Å². The van der Waals surface area contributed by atoms with Gasteiger partial charge in [0.05, 0.1) is 0 Å². The van der Waals surface area contributed by atoms with E-state index < -0.39 is 0 Å². The molecule has 0 heteroatoms. The monoisotopic (exact) mass is 562 g/mol. The van der Waals surface area contributed by atoms with Gasteiger partial charge in [0.25, 0.3) is 0 Å². The van der Waals surface area contributed by atoms with Crippen LogP contribution in [0.15, 0.2) is 104 Å². The van der Waals surface area contributed by atoms with Gasteiger partial charge in [-0.15, -0.1) is 13.2 Å². The highest BCUT2D eigenvalue weighted by Gasteiger charge is 2.31. The third-order valence-electron chi connectivity index (χ3n) is 9.16. The normalized spacial score (nSPS) is 11.5. The minimum atomic E-state index is -0.171. The Morgan fingerprint density at radius 2 is 0.762 bits per heavy atom. The summed E-state index contributed by atoms with van der Waals surface area (Å²) in [6, 6.07) is 30.1. The second-order valence-electron chi connectivity index (χ2n) is 12.5. The number of rotatable bonds is 23. The van der Waals surface area contributed by atoms with Gasteiger partial charge in [-0.2, -0.15) is 0 Å². The molecule has 3 rings (SSSR count). The third-order valence-corrected chi connectivity index (χ3v) is 9.16. The van der Waals surface area contributed by atoms with E-state index in [9.17, 15) is 0 Å². The van der Waals surface area contributed by atoms with Crippen molar-refractivity contribution in [1.29, 1.82) is 0 Å². The fourth-order valence-electron chi connectivity index (χ4n) is 6.28. The number of aryl methyl sites for hydroxylation is 2. The molecule has 0 aliphatic carbocycles. The molecule has 0 heterocycles. The molecule has 0 aliphatic rings. The van der Waals surface area contributed by atoms with E-state index in [1.54, 1.807) is 0 Å². The molecule has 0 unspecified atom stereocenters. The van der Waals surface area contributed by atoms with Gasteiger partial charge in [-0.05, 0) is 86.1 Å². The molecule has 0 aliphatic heterocycles. The van der Waals surface area contributed by atoms with E-state index in [4.69, 9.17) is 0 Å². The summed E-state index contributed by atoms with van der Waals surface area (Å²) in [6.07, 6.45) is 27.6. The maximum absolute atomic E-state index is 3.82. The first kappa shape index (κ1) is 33.6. The summed E-state index contributed by atoms with van der Waals surface area (Å²) in [5.74, 6) is 0. The van der Waals surface area contributed by atoms with Crippen molar-refractivity contribution in [2.45, 2.75) is 128 Å². The van der Waals surface area contributed by atoms with Crippen molar-refractivity contribution in [3.63, 3.8) is 0 Å². The highest BCUT2D eigenvalue weighted by molar-refractivity contribution is 5.50. The topological polar surface area (TPSA) is 0 Å². The van der Waals surface area contributed by atoms with Crippen LogP contribution in [0, 0.1) is 0 Å². The summed E-state index contributed by atoms with van der Waals surface area (Å²) in [5.41, 5.74) is 6.86. The Hall–Kier alpha value is -2.86. The lowest BCUT2D eigenvalue weighted by atomic mass is 9.71. The van der Waals surface area contributed by atoms with Gasteiger partial charge < -0.3 is 0 Å². The third kappa shape index (κ3) is 11.4. The maximum Gasteiger partial charge on any atom is 0.0423 e. The number of benzene rings is 3. The first-order chi connectivity index (χ1) is 20.7. The molecule has 0 nitrogen and oxygen atoms in total. The summed E-state index contributed by atoms with van der Waals surface area (Å²) < 4.78 is 0. The van der Waals surface area contributed by atoms with E-state index in [-0.39, 0.29) is 5.41 Å². The predicted octanol–water partition coefficient (Wildman–Crippen LogP) is 12.7. The molecule has 3 aromatic carbocycles. The van der Waals surface area contributed by atoms with Crippen LogP contribution < -0.4 is 0 Å². The molecule has 0 fully saturated rings. The Morgan fingerprint density at radius 3 is 1.14 bits per heavy atom. The maximum atomic E-state index is 3.82. The zero-order valence-corrected chi connectivity index (χ0v) is 26.8. The molecular formula is C42H58. The van der Waals surface area contributed by atoms with Crippen LogP contribution in [0.2, 0.25) is 0 Å². The fraction of sp³-hybridized carbons (Fsp3) is 0.476. The minimum Gasteiger partial charge on any atom is -0.103 e. The SMILES string of the molecule is C=CCCCCCCCCCc1ccc(C(C)(c2ccccc2)c2ccc(CCCCCCCCCC=C)cc2)cc1. The van der Waals surface area contributed by atoms with Crippen LogP contribution in [0.25, 0.3) is 0 Å². The minimum absolute atomic E-state index is 0.171. The first-order valence-corrected chi connectivity index (χ1v) is 17.1. The molecule has 0 radical (unpaired) electrons. The zero-order valence-electron chi connectivity index (χ0n) is 26.8. The second-order valence-corrected chi connectivity index (χ2v) is 12.5. The first-order valence-electron chi connectivity index (χ1n) is 17.1. The van der Waals surface area contributed by atoms with Crippen molar-refractivity contribution in [2.75, 3.05) is 0 Å². The van der Waals surface area contributed by atoms with E-state index >= 15 is 0 Å². The van der Waals surface area contributed by atoms with Gasteiger partial charge in [-0.1, -0.05) is 155 Å². The summed E-state index contributed by atoms with van der Waals surface area (Å²) in [4.78, 5) is 0. The fourth-order valence-corrected chi connectivity index (χ4v) is 6.28. The van der Waals surface area contributed by atoms with Crippen molar-refractivity contribution in [1.82, 2.24) is 0 Å². The van der Waals surface area contributed by atoms with Crippen molar-refractivity contribution in [3.05, 3.63) is 132 Å². The summed E-state index contributed by atoms with van der Waals surface area (Å²) in [7, 11) is 0. The van der Waals surface area contributed by atoms with Crippen molar-refractivity contribution in [2.24, 2.45) is 0 Å². The van der Waals surface area contributed by atoms with Gasteiger partial charge in [0.15, 0.2) is 0 Å². The lowest BCUT2D eigenvalue weighted by Gasteiger charge is -2.32. The Kier molecular flexibility index (Phi) is 16.1. The summed E-state index contributed by atoms with van der Waals surface area (Å²) in [6.45, 7) is 10.0. The van der Waals surface area contributed by atoms with Crippen LogP contribution >= 0.6 is 0 Å². The van der Waals surface area contributed by atoms with Gasteiger partial charge in [0.2, 0.25) is 0 Å². The van der Waals surface area contributed by atoms with Gasteiger partial charge in [-0.3, -0.25) is 0 Å². The van der Waals surface area contributed by atoms with Gasteiger partial charge >= 0.3 is 0 Å². The molecule has 0 spiro atoms. The molecule has 0 saturated heterocycles.